The molecule has 3 N–H and O–H groups in total. The molecule has 736 valence electrons. The number of nitrogens with one attached hydrogen (secondary N) is 3. The Morgan fingerprint density at radius 1 is 0.549 bits per heavy atom. The van der Waals surface area contributed by atoms with Crippen molar-refractivity contribution in [1.82, 2.24) is 45.6 Å². The van der Waals surface area contributed by atoms with Crippen molar-refractivity contribution in [3.8, 4) is 40.4 Å². The van der Waals surface area contributed by atoms with E-state index in [1.165, 1.54) is 36.6 Å². The van der Waals surface area contributed by atoms with Gasteiger partial charge < -0.3 is 52.6 Å². The smallest absolute Gasteiger partial charge is 1.00 e. The fourth-order valence-electron chi connectivity index (χ4n) is 14.6. The van der Waals surface area contributed by atoms with Crippen molar-refractivity contribution in [3.05, 3.63) is 431 Å². The van der Waals surface area contributed by atoms with E-state index >= 15 is 0 Å². The number of halogens is 3. The molecule has 0 amide bonds. The molecule has 8 aromatic heterocycles. The molecule has 0 atom stereocenters. The second kappa shape index (κ2) is 58.1. The summed E-state index contributed by atoms with van der Waals surface area (Å²) in [6.07, 6.45) is 11.5. The van der Waals surface area contributed by atoms with Crippen LogP contribution >= 0.6 is 39.1 Å². The molecule has 4 aliphatic rings. The van der Waals surface area contributed by atoms with Gasteiger partial charge >= 0.3 is 47.2 Å². The second-order valence-electron chi connectivity index (χ2n) is 31.3. The van der Waals surface area contributed by atoms with Crippen LogP contribution in [-0.2, 0) is 55.2 Å². The average molecular weight is 2060 g/mol. The first-order chi connectivity index (χ1) is 69.5. The van der Waals surface area contributed by atoms with Crippen molar-refractivity contribution in [3.63, 3.8) is 0 Å². The van der Waals surface area contributed by atoms with Gasteiger partial charge in [0.1, 0.15) is 37.6 Å². The SMILES string of the molecule is C.C1CCOC1.CNN(C)Cc1ccccc1.ClCCl.N#Cc1ccccc1CBr.O=C(c1ccccc1)c1ccc([N+](=O)[O-])o1.O=[N+]([O-])c1ccc(-c2nn(Cc3ccccc3)c3ccccc23)o1.O=[N+]([O-])c1ccc(/C(=N/NCc2ccccc2)C2=CCCC=C2)o1.[C-]#[N+]c1ccccc1Cn1nc(-c2ccc(C3OCCCO3)o2)c2ccccc21.[H-].[Na+].c1ccc2c(-c3ccc(C4OCCCO4)o3)n[nH]c2c1. The maximum atomic E-state index is 11.8. The van der Waals surface area contributed by atoms with Crippen molar-refractivity contribution >= 4 is 107 Å². The number of nitro groups is 3. The summed E-state index contributed by atoms with van der Waals surface area (Å²) in [4.78, 5) is 45.7. The summed E-state index contributed by atoms with van der Waals surface area (Å²) in [6.45, 7) is 14.8. The number of hydrogen-bond donors (Lipinski definition) is 3. The monoisotopic (exact) mass is 2060 g/mol. The van der Waals surface area contributed by atoms with Crippen LogP contribution in [0.4, 0.5) is 23.3 Å². The largest absolute Gasteiger partial charge is 1.00 e. The predicted octanol–water partition coefficient (Wildman–Crippen LogP) is 22.9. The number of ether oxygens (including phenoxy) is 5. The van der Waals surface area contributed by atoms with Crippen LogP contribution in [0.25, 0.3) is 71.9 Å². The maximum absolute atomic E-state index is 11.8. The number of allylic oxidation sites excluding steroid dienone is 4. The van der Waals surface area contributed by atoms with Crippen LogP contribution in [0.15, 0.2) is 354 Å². The van der Waals surface area contributed by atoms with Crippen LogP contribution in [0.5, 0.6) is 0 Å². The van der Waals surface area contributed by atoms with Crippen LogP contribution in [0.1, 0.15) is 127 Å². The third-order valence-corrected chi connectivity index (χ3v) is 22.2. The number of carbonyl (C=O) groups excluding carboxylic acids is 1. The Morgan fingerprint density at radius 3 is 1.53 bits per heavy atom. The zero-order valence-electron chi connectivity index (χ0n) is 79.4. The number of carbonyl (C=O) groups is 1. The topological polar surface area (TPSA) is 390 Å². The van der Waals surface area contributed by atoms with Gasteiger partial charge in [0.25, 0.3) is 0 Å². The van der Waals surface area contributed by atoms with Crippen LogP contribution in [0.3, 0.4) is 0 Å². The maximum Gasteiger partial charge on any atom is 1.00 e. The summed E-state index contributed by atoms with van der Waals surface area (Å²) < 4.78 is 58.5. The van der Waals surface area contributed by atoms with Crippen molar-refractivity contribution < 1.29 is 96.3 Å². The summed E-state index contributed by atoms with van der Waals surface area (Å²) in [5, 5.41) is 67.8. The zero-order chi connectivity index (χ0) is 99.6. The number of H-pyrrole nitrogens is 1. The number of rotatable bonds is 23. The van der Waals surface area contributed by atoms with Gasteiger partial charge in [-0.25, -0.2) is 9.85 Å². The Balaban J connectivity index is 0.000000174. The molecule has 3 aliphatic heterocycles. The van der Waals surface area contributed by atoms with Gasteiger partial charge in [0.2, 0.25) is 18.4 Å². The zero-order valence-corrected chi connectivity index (χ0v) is 83.5. The molecular formula is C108H105BrCl2N15NaO17. The van der Waals surface area contributed by atoms with Gasteiger partial charge in [-0.1, -0.05) is 260 Å². The molecular weight excluding hydrogens is 1950 g/mol. The Kier molecular flexibility index (Phi) is 44.3. The van der Waals surface area contributed by atoms with E-state index in [2.05, 4.69) is 94.5 Å². The summed E-state index contributed by atoms with van der Waals surface area (Å²) in [7, 11) is 3.94. The molecule has 21 rings (SSSR count). The summed E-state index contributed by atoms with van der Waals surface area (Å²) in [5.41, 5.74) is 20.0. The van der Waals surface area contributed by atoms with E-state index in [9.17, 15) is 35.1 Å². The minimum Gasteiger partial charge on any atom is -1.00 e. The number of aromatic amines is 1. The van der Waals surface area contributed by atoms with E-state index in [0.29, 0.717) is 97.5 Å². The molecule has 17 aromatic rings. The first-order valence-electron chi connectivity index (χ1n) is 45.2. The van der Waals surface area contributed by atoms with E-state index < -0.39 is 33.2 Å². The standard InChI is InChI=1S/C23H19N3O3.C18H13N3O3.C18H17N3O3.C15H14N2O3.C11H7NO4.C9H14N2.C8H6BrN.C4H8O.CH2Cl2.CH4.Na.H/c1-24-18-9-4-2-7-16(18)15-26-19-10-5-3-8-17(19)22(25-26)20-11-12-21(29-20)23-27-13-6-14-28-23;22-21(23)17-11-10-16(24-17)18-14-8-4-5-9-15(14)20(19-18)12-13-6-2-1-3-7-13;22-21(23)17-12-11-16(24-17)18(15-9-5-2-6-10-15)20-19-13-14-7-3-1-4-8-14;1-2-5-11-10(4-1)14(17-16-11)12-6-7-13(20-12)15-18-8-3-9-19-15;13-11(8-4-2-1-3-5-8)9-6-7-10(16-9)12(14)15;1-10-11(2)8-9-6-4-3-5-7-9;9-5-7-3-1-2-4-8(7)6-10;1-2-4-5-3-1;2-1-3;;;/h2-5,7-12,23H,6,13-15H2;1-11H,12H2;1,3-5,7-12,19H,2,6,13H2;1-2,4-7,15H,3,8-9H2,(H,16,17);1-7H;3-7,10H,8H2,1-2H3;1-4H,5H2;1-4H2;1H2;1H4;;/q;;;;;;;;;;+1;-1/b;;20-18+;;;;;;;;;. The quantitative estimate of drug-likeness (QED) is 0.0102. The number of nitrogens with zero attached hydrogens (tertiary/aromatic N) is 12. The minimum absolute atomic E-state index is 0. The van der Waals surface area contributed by atoms with E-state index in [1.807, 2.05) is 247 Å². The number of aromatic nitrogens is 6. The molecule has 0 unspecified atom stereocenters. The number of furan rings is 5. The van der Waals surface area contributed by atoms with Crippen LogP contribution in [0, 0.1) is 48.2 Å². The Bertz CT molecular complexity index is 7100. The number of ketones is 1. The molecule has 36 heteroatoms. The Morgan fingerprint density at radius 2 is 1.01 bits per heavy atom. The van der Waals surface area contributed by atoms with E-state index in [-0.39, 0.29) is 67.1 Å². The van der Waals surface area contributed by atoms with Gasteiger partial charge in [0.15, 0.2) is 46.0 Å². The first kappa shape index (κ1) is 110. The molecule has 3 fully saturated rings. The number of hydrazine groups is 1. The molecule has 3 saturated heterocycles. The van der Waals surface area contributed by atoms with Crippen LogP contribution in [-0.4, -0.2) is 120 Å². The Labute approximate surface area is 873 Å². The van der Waals surface area contributed by atoms with Gasteiger partial charge in [-0.15, -0.1) is 23.2 Å². The molecule has 9 aromatic carbocycles. The van der Waals surface area contributed by atoms with E-state index in [0.717, 1.165) is 140 Å². The van der Waals surface area contributed by atoms with Crippen molar-refractivity contribution in [1.29, 1.82) is 5.26 Å². The van der Waals surface area contributed by atoms with Crippen molar-refractivity contribution in [2.45, 2.75) is 90.0 Å². The molecule has 1 aliphatic carbocycles. The van der Waals surface area contributed by atoms with E-state index in [4.69, 9.17) is 85.9 Å². The van der Waals surface area contributed by atoms with Crippen LogP contribution in [0.2, 0.25) is 0 Å². The van der Waals surface area contributed by atoms with Gasteiger partial charge in [0.05, 0.1) is 104 Å². The van der Waals surface area contributed by atoms with Crippen molar-refractivity contribution in [2.24, 2.45) is 5.10 Å². The molecule has 144 heavy (non-hydrogen) atoms. The predicted molar refractivity (Wildman–Crippen MR) is 553 cm³/mol. The van der Waals surface area contributed by atoms with Gasteiger partial charge in [-0.2, -0.15) is 25.7 Å². The minimum atomic E-state index is -0.679. The van der Waals surface area contributed by atoms with E-state index in [1.54, 1.807) is 42.5 Å². The Hall–Kier alpha value is -14.6. The number of hydrogen-bond acceptors (Lipinski definition) is 25. The number of hydrazone groups is 1. The summed E-state index contributed by atoms with van der Waals surface area (Å²) in [6, 6.07) is 95.7. The molecule has 11 heterocycles. The fourth-order valence-corrected chi connectivity index (χ4v) is 15.1. The second-order valence-corrected chi connectivity index (χ2v) is 32.7. The number of alkyl halides is 3. The summed E-state index contributed by atoms with van der Waals surface area (Å²) in [5.74, 6) is 2.09. The van der Waals surface area contributed by atoms with Gasteiger partial charge in [-0.3, -0.25) is 55.0 Å². The fraction of sp³-hybridized carbons (Fsp3) is 0.213. The normalized spacial score (nSPS) is 13.0. The summed E-state index contributed by atoms with van der Waals surface area (Å²) >= 11 is 12.8. The molecule has 0 radical (unpaired) electrons. The van der Waals surface area contributed by atoms with Crippen molar-refractivity contribution in [2.75, 3.05) is 59.1 Å². The average Bonchev–Trinajstić information content (AvgIpc) is 1.63. The number of benzene rings is 9. The number of fused-ring (bicyclic) bond motifs is 3. The van der Waals surface area contributed by atoms with Gasteiger partial charge in [-0.05, 0) is 140 Å². The molecule has 0 bridgehead atoms. The molecule has 32 nitrogen and oxygen atoms in total. The molecule has 0 saturated carbocycles. The number of nitriles is 1. The van der Waals surface area contributed by atoms with Gasteiger partial charge in [0, 0.05) is 59.4 Å². The molecule has 0 spiro atoms. The third-order valence-electron chi connectivity index (χ3n) is 21.6. The first-order valence-corrected chi connectivity index (χ1v) is 47.4. The number of para-hydroxylation sites is 4. The third kappa shape index (κ3) is 31.7. The van der Waals surface area contributed by atoms with Crippen LogP contribution < -0.4 is 40.4 Å².